The maximum absolute atomic E-state index is 11.5. The lowest BCUT2D eigenvalue weighted by Gasteiger charge is -1.97. The van der Waals surface area contributed by atoms with Crippen LogP contribution in [-0.4, -0.2) is 18.1 Å². The van der Waals surface area contributed by atoms with Crippen molar-refractivity contribution in [1.29, 1.82) is 5.26 Å². The Bertz CT molecular complexity index is 676. The van der Waals surface area contributed by atoms with E-state index in [0.717, 1.165) is 5.69 Å². The number of ether oxygens (including phenoxy) is 1. The summed E-state index contributed by atoms with van der Waals surface area (Å²) in [5.74, 6) is -0.507. The number of methoxy groups -OCH3 is 1. The van der Waals surface area contributed by atoms with Crippen molar-refractivity contribution >= 4 is 29.0 Å². The topological polar surface area (TPSA) is 76.1 Å². The normalized spacial score (nSPS) is 11.1. The number of nitrogens with zero attached hydrogens (tertiary/aromatic N) is 2. The smallest absolute Gasteiger partial charge is 0.374 e. The molecule has 0 N–H and O–H groups in total. The van der Waals surface area contributed by atoms with Crippen molar-refractivity contribution in [2.45, 2.75) is 6.92 Å². The molecule has 5 nitrogen and oxygen atoms in total. The van der Waals surface area contributed by atoms with Gasteiger partial charge in [0.05, 0.1) is 18.9 Å². The highest BCUT2D eigenvalue weighted by Crippen LogP contribution is 2.23. The van der Waals surface area contributed by atoms with Crippen LogP contribution >= 0.6 is 11.3 Å². The fourth-order valence-corrected chi connectivity index (χ4v) is 2.23. The summed E-state index contributed by atoms with van der Waals surface area (Å²) in [6, 6.07) is 3.67. The van der Waals surface area contributed by atoms with Gasteiger partial charge in [-0.2, -0.15) is 5.26 Å². The molecule has 0 aliphatic heterocycles. The monoisotopic (exact) mass is 274 g/mol. The van der Waals surface area contributed by atoms with Crippen molar-refractivity contribution in [3.63, 3.8) is 0 Å². The first-order chi connectivity index (χ1) is 9.15. The largest absolute Gasteiger partial charge is 0.463 e. The fraction of sp³-hybridized carbons (Fsp3) is 0.154. The molecule has 0 amide bonds. The fourth-order valence-electron chi connectivity index (χ4n) is 1.47. The van der Waals surface area contributed by atoms with Gasteiger partial charge in [0, 0.05) is 16.6 Å². The number of nitriles is 1. The lowest BCUT2D eigenvalue weighted by Crippen LogP contribution is -2.01. The molecule has 2 heterocycles. The van der Waals surface area contributed by atoms with Gasteiger partial charge in [-0.15, -0.1) is 11.3 Å². The van der Waals surface area contributed by atoms with Crippen molar-refractivity contribution < 1.29 is 13.9 Å². The van der Waals surface area contributed by atoms with Gasteiger partial charge in [-0.1, -0.05) is 0 Å². The van der Waals surface area contributed by atoms with E-state index in [9.17, 15) is 10.1 Å². The van der Waals surface area contributed by atoms with E-state index in [1.807, 2.05) is 12.3 Å². The molecule has 2 aromatic rings. The van der Waals surface area contributed by atoms with Gasteiger partial charge in [0.25, 0.3) is 0 Å². The Balaban J connectivity index is 2.42. The molecule has 96 valence electrons. The summed E-state index contributed by atoms with van der Waals surface area (Å²) in [5.41, 5.74) is 1.72. The highest BCUT2D eigenvalue weighted by molar-refractivity contribution is 7.11. The number of furan rings is 1. The van der Waals surface area contributed by atoms with E-state index >= 15 is 0 Å². The minimum Gasteiger partial charge on any atom is -0.463 e. The molecule has 0 aliphatic rings. The van der Waals surface area contributed by atoms with E-state index in [4.69, 9.17) is 4.42 Å². The molecule has 2 rings (SSSR count). The highest BCUT2D eigenvalue weighted by Gasteiger charge is 2.16. The summed E-state index contributed by atoms with van der Waals surface area (Å²) in [4.78, 5) is 15.7. The number of carbonyl (C=O) groups excluding carboxylic acids is 1. The molecule has 0 fully saturated rings. The average Bonchev–Trinajstić information content (AvgIpc) is 3.03. The summed E-state index contributed by atoms with van der Waals surface area (Å²) in [6.07, 6.45) is 2.94. The third-order valence-electron chi connectivity index (χ3n) is 2.34. The molecule has 6 heteroatoms. The summed E-state index contributed by atoms with van der Waals surface area (Å²) < 4.78 is 9.66. The van der Waals surface area contributed by atoms with Crippen LogP contribution in [0, 0.1) is 18.3 Å². The summed E-state index contributed by atoms with van der Waals surface area (Å²) in [6.45, 7) is 1.85. The SMILES string of the molecule is COC(=O)c1occc1/C=C(\C#N)c1nc(C)cs1. The molecule has 0 spiro atoms. The first-order valence-corrected chi connectivity index (χ1v) is 6.23. The number of aromatic nitrogens is 1. The zero-order valence-corrected chi connectivity index (χ0v) is 11.2. The van der Waals surface area contributed by atoms with Crippen LogP contribution < -0.4 is 0 Å². The molecule has 0 bridgehead atoms. The number of aryl methyl sites for hydroxylation is 1. The third-order valence-corrected chi connectivity index (χ3v) is 3.33. The molecule has 0 atom stereocenters. The van der Waals surface area contributed by atoms with Gasteiger partial charge < -0.3 is 9.15 Å². The first-order valence-electron chi connectivity index (χ1n) is 5.36. The van der Waals surface area contributed by atoms with Crippen molar-refractivity contribution in [1.82, 2.24) is 4.98 Å². The number of carbonyl (C=O) groups is 1. The number of rotatable bonds is 3. The predicted molar refractivity (Wildman–Crippen MR) is 70.4 cm³/mol. The Morgan fingerprint density at radius 3 is 3.00 bits per heavy atom. The number of hydrogen-bond donors (Lipinski definition) is 0. The van der Waals surface area contributed by atoms with Gasteiger partial charge in [-0.05, 0) is 19.1 Å². The zero-order chi connectivity index (χ0) is 13.8. The van der Waals surface area contributed by atoms with E-state index in [2.05, 4.69) is 15.8 Å². The van der Waals surface area contributed by atoms with Crippen molar-refractivity contribution in [3.8, 4) is 6.07 Å². The summed E-state index contributed by atoms with van der Waals surface area (Å²) in [7, 11) is 1.27. The Morgan fingerprint density at radius 2 is 2.42 bits per heavy atom. The lowest BCUT2D eigenvalue weighted by molar-refractivity contribution is 0.0565. The number of esters is 1. The van der Waals surface area contributed by atoms with E-state index in [1.54, 1.807) is 12.1 Å². The highest BCUT2D eigenvalue weighted by atomic mass is 32.1. The second kappa shape index (κ2) is 5.50. The van der Waals surface area contributed by atoms with E-state index in [0.29, 0.717) is 16.1 Å². The molecule has 0 aliphatic carbocycles. The molecular formula is C13H10N2O3S. The second-order valence-electron chi connectivity index (χ2n) is 3.66. The molecule has 0 unspecified atom stereocenters. The average molecular weight is 274 g/mol. The summed E-state index contributed by atoms with van der Waals surface area (Å²) >= 11 is 1.38. The van der Waals surface area contributed by atoms with Gasteiger partial charge in [0.2, 0.25) is 5.76 Å². The molecule has 2 aromatic heterocycles. The van der Waals surface area contributed by atoms with Crippen LogP contribution in [-0.2, 0) is 4.74 Å². The van der Waals surface area contributed by atoms with Gasteiger partial charge in [-0.3, -0.25) is 0 Å². The van der Waals surface area contributed by atoms with E-state index in [1.165, 1.54) is 24.7 Å². The van der Waals surface area contributed by atoms with Crippen LogP contribution in [0.4, 0.5) is 0 Å². The molecule has 0 saturated heterocycles. The van der Waals surface area contributed by atoms with Crippen LogP contribution in [0.3, 0.4) is 0 Å². The molecular weight excluding hydrogens is 264 g/mol. The van der Waals surface area contributed by atoms with Crippen LogP contribution in [0.1, 0.15) is 26.8 Å². The number of allylic oxidation sites excluding steroid dienone is 1. The molecule has 0 saturated carbocycles. The Hall–Kier alpha value is -2.39. The molecule has 0 aromatic carbocycles. The van der Waals surface area contributed by atoms with E-state index in [-0.39, 0.29) is 5.76 Å². The van der Waals surface area contributed by atoms with Gasteiger partial charge in [0.15, 0.2) is 0 Å². The van der Waals surface area contributed by atoms with Crippen molar-refractivity contribution in [2.75, 3.05) is 7.11 Å². The van der Waals surface area contributed by atoms with Crippen molar-refractivity contribution in [2.24, 2.45) is 0 Å². The van der Waals surface area contributed by atoms with Gasteiger partial charge >= 0.3 is 5.97 Å². The summed E-state index contributed by atoms with van der Waals surface area (Å²) in [5, 5.41) is 11.6. The standard InChI is InChI=1S/C13H10N2O3S/c1-8-7-19-12(15-8)10(6-14)5-9-3-4-18-11(9)13(16)17-2/h3-5,7H,1-2H3/b10-5+. The predicted octanol–water partition coefficient (Wildman–Crippen LogP) is 2.90. The third kappa shape index (κ3) is 2.72. The first kappa shape index (κ1) is 13.1. The number of thiazole rings is 1. The van der Waals surface area contributed by atoms with Crippen LogP contribution in [0.2, 0.25) is 0 Å². The quantitative estimate of drug-likeness (QED) is 0.635. The molecule has 19 heavy (non-hydrogen) atoms. The van der Waals surface area contributed by atoms with Crippen LogP contribution in [0.25, 0.3) is 11.6 Å². The minimum absolute atomic E-state index is 0.0727. The van der Waals surface area contributed by atoms with Gasteiger partial charge in [-0.25, -0.2) is 9.78 Å². The number of hydrogen-bond acceptors (Lipinski definition) is 6. The lowest BCUT2D eigenvalue weighted by atomic mass is 10.1. The van der Waals surface area contributed by atoms with Gasteiger partial charge in [0.1, 0.15) is 11.1 Å². The Kier molecular flexibility index (Phi) is 3.78. The maximum atomic E-state index is 11.5. The Labute approximate surface area is 113 Å². The maximum Gasteiger partial charge on any atom is 0.374 e. The second-order valence-corrected chi connectivity index (χ2v) is 4.52. The zero-order valence-electron chi connectivity index (χ0n) is 10.3. The molecule has 0 radical (unpaired) electrons. The van der Waals surface area contributed by atoms with Crippen LogP contribution in [0.15, 0.2) is 22.1 Å². The van der Waals surface area contributed by atoms with E-state index < -0.39 is 5.97 Å². The van der Waals surface area contributed by atoms with Crippen molar-refractivity contribution in [3.05, 3.63) is 39.7 Å². The van der Waals surface area contributed by atoms with Crippen LogP contribution in [0.5, 0.6) is 0 Å². The minimum atomic E-state index is -0.580. The Morgan fingerprint density at radius 1 is 1.63 bits per heavy atom.